The van der Waals surface area contributed by atoms with Gasteiger partial charge in [0, 0.05) is 12.1 Å². The molecule has 1 N–H and O–H groups in total. The molecule has 1 fully saturated rings. The minimum absolute atomic E-state index is 0.431. The molecule has 19 heavy (non-hydrogen) atoms. The van der Waals surface area contributed by atoms with Crippen LogP contribution in [0.5, 0.6) is 5.75 Å². The number of hydrogen-bond donors (Lipinski definition) is 1. The maximum absolute atomic E-state index is 6.20. The molecule has 2 rings (SSSR count). The summed E-state index contributed by atoms with van der Waals surface area (Å²) < 4.78 is 6.20. The zero-order valence-corrected chi connectivity index (χ0v) is 12.3. The third kappa shape index (κ3) is 4.87. The monoisotopic (exact) mass is 261 g/mol. The molecule has 1 aromatic carbocycles. The molecule has 1 aliphatic rings. The Labute approximate surface area is 117 Å². The van der Waals surface area contributed by atoms with Gasteiger partial charge in [-0.1, -0.05) is 38.5 Å². The van der Waals surface area contributed by atoms with Crippen LogP contribution in [0.25, 0.3) is 0 Å². The first-order chi connectivity index (χ1) is 9.25. The first kappa shape index (κ1) is 14.4. The predicted molar refractivity (Wildman–Crippen MR) is 80.5 cm³/mol. The number of ether oxygens (including phenoxy) is 1. The van der Waals surface area contributed by atoms with Crippen LogP contribution >= 0.6 is 0 Å². The third-order valence-corrected chi connectivity index (χ3v) is 3.69. The van der Waals surface area contributed by atoms with Gasteiger partial charge in [-0.15, -0.1) is 0 Å². The van der Waals surface area contributed by atoms with E-state index in [1.807, 2.05) is 0 Å². The highest BCUT2D eigenvalue weighted by molar-refractivity contribution is 5.33. The molecule has 0 heterocycles. The number of para-hydroxylation sites is 1. The van der Waals surface area contributed by atoms with Gasteiger partial charge in [0.1, 0.15) is 5.75 Å². The summed E-state index contributed by atoms with van der Waals surface area (Å²) in [5.41, 5.74) is 1.29. The maximum Gasteiger partial charge on any atom is 0.124 e. The Bertz CT molecular complexity index is 369. The Kier molecular flexibility index (Phi) is 5.71. The van der Waals surface area contributed by atoms with Crippen molar-refractivity contribution in [2.45, 2.75) is 58.6 Å². The van der Waals surface area contributed by atoms with Crippen molar-refractivity contribution in [3.8, 4) is 5.75 Å². The number of hydrogen-bond acceptors (Lipinski definition) is 2. The molecule has 0 unspecified atom stereocenters. The fourth-order valence-electron chi connectivity index (χ4n) is 2.62. The Balaban J connectivity index is 1.91. The van der Waals surface area contributed by atoms with Crippen LogP contribution in [0.1, 0.15) is 51.5 Å². The van der Waals surface area contributed by atoms with Gasteiger partial charge in [0.15, 0.2) is 0 Å². The lowest BCUT2D eigenvalue weighted by atomic mass is 9.97. The van der Waals surface area contributed by atoms with Gasteiger partial charge in [0.25, 0.3) is 0 Å². The summed E-state index contributed by atoms with van der Waals surface area (Å²) in [6, 6.07) is 8.46. The fourth-order valence-corrected chi connectivity index (χ4v) is 2.62. The molecule has 0 radical (unpaired) electrons. The second kappa shape index (κ2) is 7.54. The fraction of sp³-hybridized carbons (Fsp3) is 0.647. The van der Waals surface area contributed by atoms with E-state index in [4.69, 9.17) is 4.74 Å². The van der Waals surface area contributed by atoms with Gasteiger partial charge >= 0.3 is 0 Å². The Morgan fingerprint density at radius 1 is 1.16 bits per heavy atom. The SMILES string of the molecule is CC(C)CNCc1ccccc1OC1CCCCC1. The molecule has 0 aliphatic heterocycles. The van der Waals surface area contributed by atoms with Crippen molar-refractivity contribution < 1.29 is 4.74 Å². The van der Waals surface area contributed by atoms with Crippen molar-refractivity contribution in [3.05, 3.63) is 29.8 Å². The third-order valence-electron chi connectivity index (χ3n) is 3.69. The van der Waals surface area contributed by atoms with Crippen molar-refractivity contribution in [2.75, 3.05) is 6.54 Å². The standard InChI is InChI=1S/C17H27NO/c1-14(2)12-18-13-15-8-6-7-11-17(15)19-16-9-4-3-5-10-16/h6-8,11,14,16,18H,3-5,9-10,12-13H2,1-2H3. The van der Waals surface area contributed by atoms with Gasteiger partial charge in [-0.3, -0.25) is 0 Å². The van der Waals surface area contributed by atoms with E-state index in [2.05, 4.69) is 43.4 Å². The molecule has 2 heteroatoms. The predicted octanol–water partition coefficient (Wildman–Crippen LogP) is 4.14. The summed E-state index contributed by atoms with van der Waals surface area (Å²) in [5.74, 6) is 1.76. The topological polar surface area (TPSA) is 21.3 Å². The van der Waals surface area contributed by atoms with E-state index >= 15 is 0 Å². The molecule has 2 nitrogen and oxygen atoms in total. The van der Waals surface area contributed by atoms with E-state index < -0.39 is 0 Å². The largest absolute Gasteiger partial charge is 0.490 e. The van der Waals surface area contributed by atoms with Crippen molar-refractivity contribution in [3.63, 3.8) is 0 Å². The second-order valence-electron chi connectivity index (χ2n) is 6.01. The zero-order chi connectivity index (χ0) is 13.5. The Hall–Kier alpha value is -1.02. The van der Waals surface area contributed by atoms with Crippen LogP contribution in [0, 0.1) is 5.92 Å². The minimum atomic E-state index is 0.431. The number of rotatable bonds is 6. The van der Waals surface area contributed by atoms with Crippen LogP contribution < -0.4 is 10.1 Å². The van der Waals surface area contributed by atoms with Crippen LogP contribution in [-0.2, 0) is 6.54 Å². The van der Waals surface area contributed by atoms with E-state index in [-0.39, 0.29) is 0 Å². The highest BCUT2D eigenvalue weighted by Crippen LogP contribution is 2.25. The molecular formula is C17H27NO. The summed E-state index contributed by atoms with van der Waals surface area (Å²) in [5, 5.41) is 3.50. The van der Waals surface area contributed by atoms with Gasteiger partial charge in [0.05, 0.1) is 6.10 Å². The lowest BCUT2D eigenvalue weighted by Gasteiger charge is -2.24. The van der Waals surface area contributed by atoms with Gasteiger partial charge in [-0.2, -0.15) is 0 Å². The van der Waals surface area contributed by atoms with E-state index in [0.717, 1.165) is 18.8 Å². The van der Waals surface area contributed by atoms with Crippen molar-refractivity contribution in [1.82, 2.24) is 5.32 Å². The van der Waals surface area contributed by atoms with Crippen LogP contribution in [0.15, 0.2) is 24.3 Å². The normalized spacial score (nSPS) is 16.8. The molecule has 1 aliphatic carbocycles. The van der Waals surface area contributed by atoms with E-state index in [9.17, 15) is 0 Å². The molecule has 0 bridgehead atoms. The molecule has 1 aromatic rings. The lowest BCUT2D eigenvalue weighted by Crippen LogP contribution is -2.22. The van der Waals surface area contributed by atoms with Crippen LogP contribution in [-0.4, -0.2) is 12.6 Å². The van der Waals surface area contributed by atoms with Crippen LogP contribution in [0.2, 0.25) is 0 Å². The zero-order valence-electron chi connectivity index (χ0n) is 12.3. The summed E-state index contributed by atoms with van der Waals surface area (Å²) in [4.78, 5) is 0. The first-order valence-corrected chi connectivity index (χ1v) is 7.71. The molecule has 1 saturated carbocycles. The maximum atomic E-state index is 6.20. The molecule has 0 spiro atoms. The Morgan fingerprint density at radius 3 is 2.63 bits per heavy atom. The summed E-state index contributed by atoms with van der Waals surface area (Å²) >= 11 is 0. The van der Waals surface area contributed by atoms with Gasteiger partial charge in [-0.05, 0) is 44.2 Å². The van der Waals surface area contributed by atoms with Crippen LogP contribution in [0.4, 0.5) is 0 Å². The van der Waals surface area contributed by atoms with Crippen molar-refractivity contribution in [1.29, 1.82) is 0 Å². The van der Waals surface area contributed by atoms with E-state index in [1.54, 1.807) is 0 Å². The van der Waals surface area contributed by atoms with Crippen molar-refractivity contribution >= 4 is 0 Å². The van der Waals surface area contributed by atoms with Crippen LogP contribution in [0.3, 0.4) is 0 Å². The molecule has 0 amide bonds. The van der Waals surface area contributed by atoms with Gasteiger partial charge < -0.3 is 10.1 Å². The summed E-state index contributed by atoms with van der Waals surface area (Å²) in [7, 11) is 0. The van der Waals surface area contributed by atoms with Crippen molar-refractivity contribution in [2.24, 2.45) is 5.92 Å². The minimum Gasteiger partial charge on any atom is -0.490 e. The first-order valence-electron chi connectivity index (χ1n) is 7.71. The average molecular weight is 261 g/mol. The molecule has 106 valence electrons. The highest BCUT2D eigenvalue weighted by atomic mass is 16.5. The summed E-state index contributed by atoms with van der Waals surface area (Å²) in [6.45, 7) is 6.42. The lowest BCUT2D eigenvalue weighted by molar-refractivity contribution is 0.153. The molecular weight excluding hydrogens is 234 g/mol. The molecule has 0 atom stereocenters. The Morgan fingerprint density at radius 2 is 1.89 bits per heavy atom. The molecule has 0 saturated heterocycles. The van der Waals surface area contributed by atoms with E-state index in [1.165, 1.54) is 37.7 Å². The van der Waals surface area contributed by atoms with E-state index in [0.29, 0.717) is 12.0 Å². The average Bonchev–Trinajstić information content (AvgIpc) is 2.41. The highest BCUT2D eigenvalue weighted by Gasteiger charge is 2.16. The number of nitrogens with one attached hydrogen (secondary N) is 1. The van der Waals surface area contributed by atoms with Gasteiger partial charge in [0.2, 0.25) is 0 Å². The van der Waals surface area contributed by atoms with Gasteiger partial charge in [-0.25, -0.2) is 0 Å². The second-order valence-corrected chi connectivity index (χ2v) is 6.01. The molecule has 0 aromatic heterocycles. The quantitative estimate of drug-likeness (QED) is 0.831. The number of benzene rings is 1. The summed E-state index contributed by atoms with van der Waals surface area (Å²) in [6.07, 6.45) is 6.87. The smallest absolute Gasteiger partial charge is 0.124 e.